The molecule has 0 aliphatic heterocycles. The largest absolute Gasteiger partial charge is 0.456 e. The lowest BCUT2D eigenvalue weighted by atomic mass is 9.82. The highest BCUT2D eigenvalue weighted by molar-refractivity contribution is 6.17. The fourth-order valence-electron chi connectivity index (χ4n) is 10.2. The maximum atomic E-state index is 6.37. The van der Waals surface area contributed by atoms with Crippen LogP contribution in [0.2, 0.25) is 0 Å². The zero-order chi connectivity index (χ0) is 40.7. The third-order valence-electron chi connectivity index (χ3n) is 13.1. The molecule has 0 radical (unpaired) electrons. The van der Waals surface area contributed by atoms with Gasteiger partial charge in [0.25, 0.3) is 0 Å². The Hall–Kier alpha value is -7.68. The second-order valence-corrected chi connectivity index (χ2v) is 16.8. The van der Waals surface area contributed by atoms with Crippen LogP contribution in [0.15, 0.2) is 217 Å². The summed E-state index contributed by atoms with van der Waals surface area (Å²) in [6.07, 6.45) is 0. The minimum Gasteiger partial charge on any atom is -0.456 e. The molecule has 1 aromatic heterocycles. The summed E-state index contributed by atoms with van der Waals surface area (Å²) in [4.78, 5) is 2.52. The summed E-state index contributed by atoms with van der Waals surface area (Å²) in [5.41, 5.74) is 17.2. The summed E-state index contributed by atoms with van der Waals surface area (Å²) >= 11 is 0. The molecular formula is C59H41NO. The normalized spacial score (nSPS) is 12.9. The lowest BCUT2D eigenvalue weighted by Gasteiger charge is -2.32. The lowest BCUT2D eigenvalue weighted by Crippen LogP contribution is -2.17. The Labute approximate surface area is 355 Å². The van der Waals surface area contributed by atoms with Gasteiger partial charge < -0.3 is 9.32 Å². The van der Waals surface area contributed by atoms with Gasteiger partial charge in [0.1, 0.15) is 11.2 Å². The molecule has 1 aliphatic rings. The molecule has 0 unspecified atom stereocenters. The zero-order valence-electron chi connectivity index (χ0n) is 34.1. The first-order valence-electron chi connectivity index (χ1n) is 21.2. The molecule has 2 nitrogen and oxygen atoms in total. The van der Waals surface area contributed by atoms with Crippen LogP contribution in [-0.4, -0.2) is 0 Å². The molecule has 2 heteroatoms. The van der Waals surface area contributed by atoms with E-state index >= 15 is 0 Å². The monoisotopic (exact) mass is 779 g/mol. The van der Waals surface area contributed by atoms with Crippen molar-refractivity contribution in [1.82, 2.24) is 0 Å². The van der Waals surface area contributed by atoms with Crippen molar-refractivity contribution in [3.63, 3.8) is 0 Å². The number of rotatable bonds is 6. The summed E-state index contributed by atoms with van der Waals surface area (Å²) in [5.74, 6) is 0. The summed E-state index contributed by atoms with van der Waals surface area (Å²) in [5, 5.41) is 7.14. The number of furan rings is 1. The average molecular weight is 780 g/mol. The van der Waals surface area contributed by atoms with Crippen molar-refractivity contribution in [3.8, 4) is 44.5 Å². The Bertz CT molecular complexity index is 3520. The van der Waals surface area contributed by atoms with Gasteiger partial charge in [0, 0.05) is 33.0 Å². The van der Waals surface area contributed by atoms with Crippen molar-refractivity contribution in [2.24, 2.45) is 0 Å². The van der Waals surface area contributed by atoms with Crippen molar-refractivity contribution in [2.45, 2.75) is 19.3 Å². The molecule has 0 bridgehead atoms. The molecule has 0 saturated heterocycles. The number of fused-ring (bicyclic) bond motifs is 9. The molecule has 0 fully saturated rings. The number of benzene rings is 10. The molecule has 0 spiro atoms. The van der Waals surface area contributed by atoms with E-state index in [0.717, 1.165) is 55.7 Å². The van der Waals surface area contributed by atoms with Gasteiger partial charge in [-0.05, 0) is 115 Å². The van der Waals surface area contributed by atoms with Gasteiger partial charge in [0.05, 0.1) is 11.4 Å². The van der Waals surface area contributed by atoms with Gasteiger partial charge in [-0.25, -0.2) is 0 Å². The van der Waals surface area contributed by atoms with Gasteiger partial charge >= 0.3 is 0 Å². The van der Waals surface area contributed by atoms with E-state index in [9.17, 15) is 0 Å². The van der Waals surface area contributed by atoms with Crippen LogP contribution in [0.25, 0.3) is 88.0 Å². The topological polar surface area (TPSA) is 16.4 Å². The third kappa shape index (κ3) is 5.49. The predicted octanol–water partition coefficient (Wildman–Crippen LogP) is 16.7. The molecule has 0 amide bonds. The van der Waals surface area contributed by atoms with E-state index in [4.69, 9.17) is 4.42 Å². The van der Waals surface area contributed by atoms with E-state index < -0.39 is 0 Å². The first-order chi connectivity index (χ1) is 30.0. The molecule has 10 aromatic carbocycles. The van der Waals surface area contributed by atoms with Crippen LogP contribution >= 0.6 is 0 Å². The van der Waals surface area contributed by atoms with Crippen LogP contribution in [0.5, 0.6) is 0 Å². The molecular weight excluding hydrogens is 739 g/mol. The van der Waals surface area contributed by atoms with E-state index in [1.165, 1.54) is 60.5 Å². The maximum absolute atomic E-state index is 6.37. The maximum Gasteiger partial charge on any atom is 0.135 e. The summed E-state index contributed by atoms with van der Waals surface area (Å²) in [6, 6.07) is 77.7. The second kappa shape index (κ2) is 13.7. The van der Waals surface area contributed by atoms with Gasteiger partial charge in [-0.3, -0.25) is 0 Å². The predicted molar refractivity (Wildman–Crippen MR) is 257 cm³/mol. The Morgan fingerprint density at radius 2 is 1.00 bits per heavy atom. The molecule has 11 aromatic rings. The van der Waals surface area contributed by atoms with Crippen molar-refractivity contribution < 1.29 is 4.42 Å². The van der Waals surface area contributed by atoms with Gasteiger partial charge in [-0.15, -0.1) is 0 Å². The Morgan fingerprint density at radius 1 is 0.361 bits per heavy atom. The van der Waals surface area contributed by atoms with E-state index in [1.54, 1.807) is 0 Å². The Kier molecular flexibility index (Phi) is 7.92. The highest BCUT2D eigenvalue weighted by Gasteiger charge is 2.36. The molecule has 0 N–H and O–H groups in total. The van der Waals surface area contributed by atoms with Gasteiger partial charge in [0.15, 0.2) is 0 Å². The molecule has 0 saturated carbocycles. The minimum absolute atomic E-state index is 0.172. The van der Waals surface area contributed by atoms with Crippen molar-refractivity contribution in [3.05, 3.63) is 223 Å². The van der Waals surface area contributed by atoms with Crippen LogP contribution in [0, 0.1) is 0 Å². The highest BCUT2D eigenvalue weighted by atomic mass is 16.3. The SMILES string of the molecule is CC1(C)c2ccccc2-c2ccc(N(c3ccccc3-c3ccccc3)c3cccc(-c4ccc5oc6ccccc6c5c4)c3-c3cc4ccccc4c4ccccc34)cc21. The van der Waals surface area contributed by atoms with E-state index in [2.05, 4.69) is 225 Å². The third-order valence-corrected chi connectivity index (χ3v) is 13.1. The first kappa shape index (κ1) is 35.3. The quantitative estimate of drug-likeness (QED) is 0.156. The molecule has 12 rings (SSSR count). The number of anilines is 3. The van der Waals surface area contributed by atoms with Crippen molar-refractivity contribution >= 4 is 60.5 Å². The number of nitrogens with zero attached hydrogens (tertiary/aromatic N) is 1. The molecule has 61 heavy (non-hydrogen) atoms. The molecule has 288 valence electrons. The van der Waals surface area contributed by atoms with Gasteiger partial charge in [0.2, 0.25) is 0 Å². The summed E-state index contributed by atoms with van der Waals surface area (Å²) in [6.45, 7) is 4.74. The Morgan fingerprint density at radius 3 is 1.87 bits per heavy atom. The zero-order valence-corrected chi connectivity index (χ0v) is 34.1. The van der Waals surface area contributed by atoms with E-state index in [0.29, 0.717) is 0 Å². The second-order valence-electron chi connectivity index (χ2n) is 16.8. The van der Waals surface area contributed by atoms with Gasteiger partial charge in [-0.1, -0.05) is 178 Å². The number of para-hydroxylation sites is 2. The van der Waals surface area contributed by atoms with Crippen LogP contribution in [0.4, 0.5) is 17.1 Å². The van der Waals surface area contributed by atoms with Crippen LogP contribution < -0.4 is 4.90 Å². The van der Waals surface area contributed by atoms with Gasteiger partial charge in [-0.2, -0.15) is 0 Å². The standard InChI is InChI=1S/C59H41NO/c1-59(2)52-27-13-10-24-47(52)48-33-32-41(37-53(48)59)60(54-28-14-11-21-43(54)38-17-4-3-5-18-38)55-29-16-26-44(40-31-34-57-50(35-40)49-25-12-15-30-56(49)61-57)58(55)51-36-39-19-6-7-20-42(39)45-22-8-9-23-46(45)51/h3-37H,1-2H3. The van der Waals surface area contributed by atoms with Crippen LogP contribution in [-0.2, 0) is 5.41 Å². The van der Waals surface area contributed by atoms with Crippen LogP contribution in [0.1, 0.15) is 25.0 Å². The summed E-state index contributed by atoms with van der Waals surface area (Å²) < 4.78 is 6.37. The minimum atomic E-state index is -0.172. The molecule has 0 atom stereocenters. The smallest absolute Gasteiger partial charge is 0.135 e. The van der Waals surface area contributed by atoms with Crippen LogP contribution in [0.3, 0.4) is 0 Å². The molecule has 1 heterocycles. The van der Waals surface area contributed by atoms with E-state index in [-0.39, 0.29) is 5.41 Å². The number of hydrogen-bond donors (Lipinski definition) is 0. The van der Waals surface area contributed by atoms with Crippen molar-refractivity contribution in [2.75, 3.05) is 4.90 Å². The van der Waals surface area contributed by atoms with Crippen molar-refractivity contribution in [1.29, 1.82) is 0 Å². The first-order valence-corrected chi connectivity index (χ1v) is 21.2. The highest BCUT2D eigenvalue weighted by Crippen LogP contribution is 2.54. The van der Waals surface area contributed by atoms with E-state index in [1.807, 2.05) is 6.07 Å². The Balaban J connectivity index is 1.20. The summed E-state index contributed by atoms with van der Waals surface area (Å²) in [7, 11) is 0. The lowest BCUT2D eigenvalue weighted by molar-refractivity contribution is 0.660. The average Bonchev–Trinajstić information content (AvgIpc) is 3.80. The fourth-order valence-corrected chi connectivity index (χ4v) is 10.2. The molecule has 1 aliphatic carbocycles. The fraction of sp³-hybridized carbons (Fsp3) is 0.0508. The number of hydrogen-bond acceptors (Lipinski definition) is 2.